The van der Waals surface area contributed by atoms with E-state index < -0.39 is 30.6 Å². The van der Waals surface area contributed by atoms with Gasteiger partial charge < -0.3 is 15.4 Å². The summed E-state index contributed by atoms with van der Waals surface area (Å²) in [5, 5.41) is 4.94. The fourth-order valence-electron chi connectivity index (χ4n) is 2.16. The zero-order valence-corrected chi connectivity index (χ0v) is 15.0. The predicted octanol–water partition coefficient (Wildman–Crippen LogP) is 3.78. The lowest BCUT2D eigenvalue weighted by Crippen LogP contribution is -2.40. The topological polar surface area (TPSA) is 67.4 Å². The molecular formula is C20H19F3N2O3. The van der Waals surface area contributed by atoms with Crippen molar-refractivity contribution in [2.45, 2.75) is 19.1 Å². The number of ether oxygens (including phenoxy) is 1. The second-order valence-electron chi connectivity index (χ2n) is 5.86. The van der Waals surface area contributed by atoms with Gasteiger partial charge in [0.05, 0.1) is 5.69 Å². The molecule has 5 nitrogen and oxygen atoms in total. The third kappa shape index (κ3) is 7.14. The Hall–Kier alpha value is -3.29. The van der Waals surface area contributed by atoms with E-state index in [1.54, 1.807) is 12.1 Å². The molecule has 1 atom stereocenters. The second kappa shape index (κ2) is 9.59. The van der Waals surface area contributed by atoms with Crippen LogP contribution in [0, 0.1) is 0 Å². The number of rotatable bonds is 7. The van der Waals surface area contributed by atoms with Gasteiger partial charge in [0.1, 0.15) is 11.8 Å². The molecule has 28 heavy (non-hydrogen) atoms. The quantitative estimate of drug-likeness (QED) is 0.705. The largest absolute Gasteiger partial charge is 0.482 e. The van der Waals surface area contributed by atoms with Crippen LogP contribution in [0.15, 0.2) is 60.7 Å². The number of benzene rings is 2. The molecule has 0 heterocycles. The van der Waals surface area contributed by atoms with Gasteiger partial charge in [-0.1, -0.05) is 42.5 Å². The maximum atomic E-state index is 12.3. The highest BCUT2D eigenvalue weighted by molar-refractivity contribution is 6.00. The van der Waals surface area contributed by atoms with Gasteiger partial charge in [-0.05, 0) is 30.7 Å². The molecule has 2 aromatic carbocycles. The van der Waals surface area contributed by atoms with Gasteiger partial charge in [0, 0.05) is 6.08 Å². The maximum Gasteiger partial charge on any atom is 0.422 e. The number of alkyl halides is 3. The molecule has 0 fully saturated rings. The van der Waals surface area contributed by atoms with Crippen molar-refractivity contribution in [3.8, 4) is 5.75 Å². The minimum absolute atomic E-state index is 0.0812. The number of nitrogens with one attached hydrogen (secondary N) is 2. The van der Waals surface area contributed by atoms with Crippen molar-refractivity contribution >= 4 is 23.6 Å². The van der Waals surface area contributed by atoms with Gasteiger partial charge in [-0.25, -0.2) is 0 Å². The number of amides is 2. The molecule has 0 aromatic heterocycles. The number of para-hydroxylation sites is 2. The van der Waals surface area contributed by atoms with Crippen molar-refractivity contribution in [1.82, 2.24) is 5.32 Å². The smallest absolute Gasteiger partial charge is 0.422 e. The van der Waals surface area contributed by atoms with E-state index in [2.05, 4.69) is 10.6 Å². The lowest BCUT2D eigenvalue weighted by Gasteiger charge is -2.16. The van der Waals surface area contributed by atoms with Gasteiger partial charge in [0.15, 0.2) is 6.61 Å². The molecule has 2 N–H and O–H groups in total. The first kappa shape index (κ1) is 21.0. The summed E-state index contributed by atoms with van der Waals surface area (Å²) in [4.78, 5) is 24.2. The van der Waals surface area contributed by atoms with E-state index >= 15 is 0 Å². The third-order valence-corrected chi connectivity index (χ3v) is 3.52. The summed E-state index contributed by atoms with van der Waals surface area (Å²) in [5.41, 5.74) is 0.906. The summed E-state index contributed by atoms with van der Waals surface area (Å²) in [6.07, 6.45) is -1.61. The molecule has 2 rings (SSSR count). The van der Waals surface area contributed by atoms with E-state index in [1.807, 2.05) is 30.3 Å². The Morgan fingerprint density at radius 3 is 2.39 bits per heavy atom. The van der Waals surface area contributed by atoms with Crippen LogP contribution in [0.1, 0.15) is 12.5 Å². The van der Waals surface area contributed by atoms with E-state index in [0.717, 1.165) is 5.56 Å². The molecule has 1 unspecified atom stereocenters. The zero-order chi connectivity index (χ0) is 20.6. The van der Waals surface area contributed by atoms with Crippen LogP contribution in [-0.4, -0.2) is 30.6 Å². The zero-order valence-electron chi connectivity index (χ0n) is 15.0. The van der Waals surface area contributed by atoms with Crippen molar-refractivity contribution in [2.24, 2.45) is 0 Å². The Bertz CT molecular complexity index is 836. The van der Waals surface area contributed by atoms with E-state index in [4.69, 9.17) is 4.74 Å². The fraction of sp³-hybridized carbons (Fsp3) is 0.200. The molecule has 2 amide bonds. The molecule has 0 aliphatic rings. The monoisotopic (exact) mass is 392 g/mol. The van der Waals surface area contributed by atoms with Crippen LogP contribution in [0.5, 0.6) is 5.75 Å². The minimum atomic E-state index is -4.50. The molecule has 0 saturated heterocycles. The van der Waals surface area contributed by atoms with Crippen molar-refractivity contribution in [3.63, 3.8) is 0 Å². The SMILES string of the molecule is CC(NC(=O)/C=C/c1ccccc1)C(=O)Nc1ccccc1OCC(F)(F)F. The summed E-state index contributed by atoms with van der Waals surface area (Å²) in [5.74, 6) is -1.19. The third-order valence-electron chi connectivity index (χ3n) is 3.52. The van der Waals surface area contributed by atoms with Gasteiger partial charge in [-0.3, -0.25) is 9.59 Å². The van der Waals surface area contributed by atoms with Gasteiger partial charge in [-0.15, -0.1) is 0 Å². The maximum absolute atomic E-state index is 12.3. The van der Waals surface area contributed by atoms with Crippen molar-refractivity contribution in [1.29, 1.82) is 0 Å². The molecule has 0 spiro atoms. The summed E-state index contributed by atoms with van der Waals surface area (Å²) >= 11 is 0. The van der Waals surface area contributed by atoms with Gasteiger partial charge in [-0.2, -0.15) is 13.2 Å². The highest BCUT2D eigenvalue weighted by Gasteiger charge is 2.29. The number of carbonyl (C=O) groups is 2. The Labute approximate surface area is 160 Å². The Kier molecular flexibility index (Phi) is 7.20. The van der Waals surface area contributed by atoms with Crippen LogP contribution in [0.3, 0.4) is 0 Å². The molecule has 0 saturated carbocycles. The molecule has 0 radical (unpaired) electrons. The van der Waals surface area contributed by atoms with Crippen molar-refractivity contribution in [3.05, 3.63) is 66.2 Å². The van der Waals surface area contributed by atoms with E-state index in [9.17, 15) is 22.8 Å². The molecule has 2 aromatic rings. The molecular weight excluding hydrogens is 373 g/mol. The fourth-order valence-corrected chi connectivity index (χ4v) is 2.16. The molecule has 0 aliphatic carbocycles. The molecule has 0 bridgehead atoms. The molecule has 8 heteroatoms. The average molecular weight is 392 g/mol. The summed E-state index contributed by atoms with van der Waals surface area (Å²) in [6, 6.07) is 14.0. The number of anilines is 1. The Morgan fingerprint density at radius 2 is 1.71 bits per heavy atom. The predicted molar refractivity (Wildman–Crippen MR) is 99.7 cm³/mol. The summed E-state index contributed by atoms with van der Waals surface area (Å²) in [6.45, 7) is -0.0147. The minimum Gasteiger partial charge on any atom is -0.482 e. The van der Waals surface area contributed by atoms with Crippen LogP contribution in [-0.2, 0) is 9.59 Å². The van der Waals surface area contributed by atoms with Gasteiger partial charge >= 0.3 is 6.18 Å². The first-order valence-electron chi connectivity index (χ1n) is 8.37. The number of hydrogen-bond donors (Lipinski definition) is 2. The summed E-state index contributed by atoms with van der Waals surface area (Å²) in [7, 11) is 0. The van der Waals surface area contributed by atoms with Crippen LogP contribution in [0.25, 0.3) is 6.08 Å². The van der Waals surface area contributed by atoms with Gasteiger partial charge in [0.2, 0.25) is 11.8 Å². The normalized spacial score (nSPS) is 12.4. The van der Waals surface area contributed by atoms with Crippen molar-refractivity contribution in [2.75, 3.05) is 11.9 Å². The van der Waals surface area contributed by atoms with E-state index in [-0.39, 0.29) is 11.4 Å². The molecule has 0 aliphatic heterocycles. The highest BCUT2D eigenvalue weighted by atomic mass is 19.4. The van der Waals surface area contributed by atoms with Crippen molar-refractivity contribution < 1.29 is 27.5 Å². The first-order valence-corrected chi connectivity index (χ1v) is 8.37. The molecule has 148 valence electrons. The highest BCUT2D eigenvalue weighted by Crippen LogP contribution is 2.26. The van der Waals surface area contributed by atoms with E-state index in [0.29, 0.717) is 0 Å². The second-order valence-corrected chi connectivity index (χ2v) is 5.86. The van der Waals surface area contributed by atoms with Gasteiger partial charge in [0.25, 0.3) is 0 Å². The number of halogens is 3. The Morgan fingerprint density at radius 1 is 1.07 bits per heavy atom. The lowest BCUT2D eigenvalue weighted by atomic mass is 10.2. The first-order chi connectivity index (χ1) is 13.2. The van der Waals surface area contributed by atoms with Crippen LogP contribution in [0.4, 0.5) is 18.9 Å². The standard InChI is InChI=1S/C20H19F3N2O3/c1-14(24-18(26)12-11-15-7-3-2-4-8-15)19(27)25-16-9-5-6-10-17(16)28-13-20(21,22)23/h2-12,14H,13H2,1H3,(H,24,26)(H,25,27)/b12-11+. The lowest BCUT2D eigenvalue weighted by molar-refractivity contribution is -0.153. The van der Waals surface area contributed by atoms with E-state index in [1.165, 1.54) is 31.2 Å². The average Bonchev–Trinajstić information content (AvgIpc) is 2.66. The Balaban J connectivity index is 1.93. The number of hydrogen-bond acceptors (Lipinski definition) is 3. The number of carbonyl (C=O) groups excluding carboxylic acids is 2. The summed E-state index contributed by atoms with van der Waals surface area (Å²) < 4.78 is 41.7. The van der Waals surface area contributed by atoms with Crippen LogP contribution < -0.4 is 15.4 Å². The van der Waals surface area contributed by atoms with Crippen LogP contribution in [0.2, 0.25) is 0 Å². The van der Waals surface area contributed by atoms with Crippen LogP contribution >= 0.6 is 0 Å².